The molecule has 0 aliphatic heterocycles. The Kier molecular flexibility index (Phi) is 3.88. The fraction of sp³-hybridized carbons (Fsp3) is 1.00. The zero-order valence-corrected chi connectivity index (χ0v) is 10.5. The molecule has 2 fully saturated rings. The van der Waals surface area contributed by atoms with Crippen molar-refractivity contribution in [2.45, 2.75) is 64.2 Å². The van der Waals surface area contributed by atoms with E-state index in [0.717, 1.165) is 19.6 Å². The first-order valence-electron chi connectivity index (χ1n) is 6.64. The van der Waals surface area contributed by atoms with Crippen LogP contribution in [-0.4, -0.2) is 36.5 Å². The summed E-state index contributed by atoms with van der Waals surface area (Å²) in [6.07, 6.45) is 6.42. The van der Waals surface area contributed by atoms with Crippen molar-refractivity contribution in [2.24, 2.45) is 5.41 Å². The summed E-state index contributed by atoms with van der Waals surface area (Å²) in [6.45, 7) is 5.97. The molecular weight excluding hydrogens is 202 g/mol. The summed E-state index contributed by atoms with van der Waals surface area (Å²) < 4.78 is 5.79. The summed E-state index contributed by atoms with van der Waals surface area (Å²) in [7, 11) is 0. The molecule has 0 radical (unpaired) electrons. The van der Waals surface area contributed by atoms with Crippen LogP contribution in [0.2, 0.25) is 0 Å². The second-order valence-electron chi connectivity index (χ2n) is 5.86. The van der Waals surface area contributed by atoms with Gasteiger partial charge in [-0.2, -0.15) is 0 Å². The van der Waals surface area contributed by atoms with Crippen molar-refractivity contribution in [1.82, 2.24) is 5.32 Å². The van der Waals surface area contributed by atoms with Crippen LogP contribution < -0.4 is 5.32 Å². The minimum absolute atomic E-state index is 0.0351. The van der Waals surface area contributed by atoms with E-state index in [2.05, 4.69) is 19.2 Å². The average molecular weight is 227 g/mol. The molecule has 2 atom stereocenters. The summed E-state index contributed by atoms with van der Waals surface area (Å²) in [5.74, 6) is 0. The van der Waals surface area contributed by atoms with E-state index in [1.165, 1.54) is 25.7 Å². The third-order valence-electron chi connectivity index (χ3n) is 4.36. The van der Waals surface area contributed by atoms with E-state index >= 15 is 0 Å². The maximum absolute atomic E-state index is 9.60. The first-order valence-corrected chi connectivity index (χ1v) is 6.64. The number of aliphatic hydroxyl groups is 1. The Hall–Kier alpha value is -0.120. The van der Waals surface area contributed by atoms with E-state index < -0.39 is 0 Å². The number of rotatable bonds is 5. The van der Waals surface area contributed by atoms with Gasteiger partial charge >= 0.3 is 0 Å². The highest BCUT2D eigenvalue weighted by Crippen LogP contribution is 2.40. The molecule has 0 saturated heterocycles. The predicted octanol–water partition coefficient (Wildman–Crippen LogP) is 1.69. The van der Waals surface area contributed by atoms with Gasteiger partial charge in [0.25, 0.3) is 0 Å². The maximum atomic E-state index is 9.60. The Morgan fingerprint density at radius 3 is 2.56 bits per heavy atom. The molecule has 2 aliphatic carbocycles. The van der Waals surface area contributed by atoms with Crippen LogP contribution in [0.15, 0.2) is 0 Å². The van der Waals surface area contributed by atoms with E-state index in [0.29, 0.717) is 12.1 Å². The number of ether oxygens (including phenoxy) is 1. The molecular formula is C13H25NO2. The Morgan fingerprint density at radius 1 is 1.31 bits per heavy atom. The number of aliphatic hydroxyl groups excluding tert-OH is 1. The topological polar surface area (TPSA) is 41.5 Å². The smallest absolute Gasteiger partial charge is 0.0621 e. The van der Waals surface area contributed by atoms with E-state index in [-0.39, 0.29) is 11.5 Å². The minimum Gasteiger partial charge on any atom is -0.392 e. The largest absolute Gasteiger partial charge is 0.392 e. The zero-order valence-electron chi connectivity index (χ0n) is 10.5. The highest BCUT2D eigenvalue weighted by Gasteiger charge is 2.46. The molecule has 0 aromatic carbocycles. The predicted molar refractivity (Wildman–Crippen MR) is 64.4 cm³/mol. The highest BCUT2D eigenvalue weighted by atomic mass is 16.5. The van der Waals surface area contributed by atoms with E-state index in [1.807, 2.05) is 0 Å². The molecule has 16 heavy (non-hydrogen) atoms. The Labute approximate surface area is 98.6 Å². The number of hydrogen-bond donors (Lipinski definition) is 2. The molecule has 2 rings (SSSR count). The maximum Gasteiger partial charge on any atom is 0.0621 e. The van der Waals surface area contributed by atoms with Crippen LogP contribution in [0.25, 0.3) is 0 Å². The molecule has 2 N–H and O–H groups in total. The first kappa shape index (κ1) is 12.3. The lowest BCUT2D eigenvalue weighted by Crippen LogP contribution is -2.60. The lowest BCUT2D eigenvalue weighted by atomic mass is 9.64. The Morgan fingerprint density at radius 2 is 2.00 bits per heavy atom. The van der Waals surface area contributed by atoms with Crippen molar-refractivity contribution in [2.75, 3.05) is 13.2 Å². The number of nitrogens with one attached hydrogen (secondary N) is 1. The molecule has 2 saturated carbocycles. The lowest BCUT2D eigenvalue weighted by Gasteiger charge is -2.49. The summed E-state index contributed by atoms with van der Waals surface area (Å²) in [6, 6.07) is 0.453. The van der Waals surface area contributed by atoms with Crippen LogP contribution in [-0.2, 0) is 4.74 Å². The van der Waals surface area contributed by atoms with Gasteiger partial charge < -0.3 is 15.2 Å². The molecule has 2 aliphatic rings. The molecule has 0 bridgehead atoms. The van der Waals surface area contributed by atoms with Gasteiger partial charge in [-0.15, -0.1) is 0 Å². The van der Waals surface area contributed by atoms with Crippen molar-refractivity contribution in [3.8, 4) is 0 Å². The van der Waals surface area contributed by atoms with Gasteiger partial charge in [0.2, 0.25) is 0 Å². The van der Waals surface area contributed by atoms with Gasteiger partial charge in [0.05, 0.1) is 18.8 Å². The van der Waals surface area contributed by atoms with Gasteiger partial charge in [-0.25, -0.2) is 0 Å². The van der Waals surface area contributed by atoms with Crippen LogP contribution in [0.5, 0.6) is 0 Å². The van der Waals surface area contributed by atoms with Crippen LogP contribution in [0, 0.1) is 5.41 Å². The molecule has 0 aromatic rings. The van der Waals surface area contributed by atoms with Gasteiger partial charge in [0.15, 0.2) is 0 Å². The second-order valence-corrected chi connectivity index (χ2v) is 5.86. The van der Waals surface area contributed by atoms with Gasteiger partial charge in [0.1, 0.15) is 0 Å². The standard InChI is InChI=1S/C13H25NO2/c1-13(2)11(9-12(13)15)14-7-8-16-10-5-3-4-6-10/h10-12,14-15H,3-9H2,1-2H3. The molecule has 2 unspecified atom stereocenters. The second kappa shape index (κ2) is 5.03. The minimum atomic E-state index is -0.138. The van der Waals surface area contributed by atoms with Crippen LogP contribution in [0.4, 0.5) is 0 Å². The zero-order chi connectivity index (χ0) is 11.6. The van der Waals surface area contributed by atoms with Gasteiger partial charge in [0, 0.05) is 18.0 Å². The lowest BCUT2D eigenvalue weighted by molar-refractivity contribution is -0.0746. The van der Waals surface area contributed by atoms with Crippen LogP contribution in [0.3, 0.4) is 0 Å². The van der Waals surface area contributed by atoms with Crippen molar-refractivity contribution in [1.29, 1.82) is 0 Å². The van der Waals surface area contributed by atoms with Crippen molar-refractivity contribution >= 4 is 0 Å². The third kappa shape index (κ3) is 2.58. The van der Waals surface area contributed by atoms with Crippen LogP contribution >= 0.6 is 0 Å². The third-order valence-corrected chi connectivity index (χ3v) is 4.36. The highest BCUT2D eigenvalue weighted by molar-refractivity contribution is 5.01. The molecule has 3 nitrogen and oxygen atoms in total. The molecule has 0 amide bonds. The summed E-state index contributed by atoms with van der Waals surface area (Å²) >= 11 is 0. The first-order chi connectivity index (χ1) is 7.60. The van der Waals surface area contributed by atoms with Gasteiger partial charge in [-0.1, -0.05) is 26.7 Å². The summed E-state index contributed by atoms with van der Waals surface area (Å²) in [4.78, 5) is 0. The molecule has 0 aromatic heterocycles. The van der Waals surface area contributed by atoms with Crippen molar-refractivity contribution in [3.63, 3.8) is 0 Å². The summed E-state index contributed by atoms with van der Waals surface area (Å²) in [5, 5.41) is 13.1. The summed E-state index contributed by atoms with van der Waals surface area (Å²) in [5.41, 5.74) is 0.0351. The normalized spacial score (nSPS) is 33.9. The van der Waals surface area contributed by atoms with E-state index in [4.69, 9.17) is 4.74 Å². The average Bonchev–Trinajstić information content (AvgIpc) is 2.75. The van der Waals surface area contributed by atoms with Gasteiger partial charge in [-0.05, 0) is 19.3 Å². The fourth-order valence-corrected chi connectivity index (χ4v) is 2.76. The molecule has 94 valence electrons. The Bertz CT molecular complexity index is 224. The monoisotopic (exact) mass is 227 g/mol. The van der Waals surface area contributed by atoms with Gasteiger partial charge in [-0.3, -0.25) is 0 Å². The van der Waals surface area contributed by atoms with E-state index in [1.54, 1.807) is 0 Å². The molecule has 3 heteroatoms. The van der Waals surface area contributed by atoms with Crippen molar-refractivity contribution in [3.05, 3.63) is 0 Å². The van der Waals surface area contributed by atoms with E-state index in [9.17, 15) is 5.11 Å². The molecule has 0 heterocycles. The Balaban J connectivity index is 1.55. The quantitative estimate of drug-likeness (QED) is 0.702. The van der Waals surface area contributed by atoms with Crippen molar-refractivity contribution < 1.29 is 9.84 Å². The SMILES string of the molecule is CC1(C)C(O)CC1NCCOC1CCCC1. The number of hydrogen-bond acceptors (Lipinski definition) is 3. The van der Waals surface area contributed by atoms with Crippen LogP contribution in [0.1, 0.15) is 46.0 Å². The molecule has 0 spiro atoms. The fourth-order valence-electron chi connectivity index (χ4n) is 2.76.